The van der Waals surface area contributed by atoms with Gasteiger partial charge in [-0.15, -0.1) is 11.3 Å². The highest BCUT2D eigenvalue weighted by molar-refractivity contribution is 9.11. The van der Waals surface area contributed by atoms with Crippen LogP contribution in [0.2, 0.25) is 0 Å². The van der Waals surface area contributed by atoms with Gasteiger partial charge in [0.25, 0.3) is 0 Å². The number of hydrogen-bond donors (Lipinski definition) is 2. The molecule has 1 unspecified atom stereocenters. The largest absolute Gasteiger partial charge is 0.384 e. The van der Waals surface area contributed by atoms with Gasteiger partial charge in [-0.3, -0.25) is 0 Å². The van der Waals surface area contributed by atoms with Gasteiger partial charge in [-0.2, -0.15) is 0 Å². The fourth-order valence-electron chi connectivity index (χ4n) is 1.73. The van der Waals surface area contributed by atoms with Crippen molar-refractivity contribution in [3.05, 3.63) is 14.7 Å². The number of sulfonamides is 1. The summed E-state index contributed by atoms with van der Waals surface area (Å²) in [5.74, 6) is 0.132. The van der Waals surface area contributed by atoms with E-state index in [0.29, 0.717) is 28.4 Å². The summed E-state index contributed by atoms with van der Waals surface area (Å²) in [6.45, 7) is 6.53. The second-order valence-corrected chi connectivity index (χ2v) is 9.13. The van der Waals surface area contributed by atoms with E-state index in [1.54, 1.807) is 13.2 Å². The molecule has 122 valence electrons. The molecular weight excluding hydrogens is 376 g/mol. The van der Waals surface area contributed by atoms with Crippen LogP contribution in [0.25, 0.3) is 0 Å². The third-order valence-corrected chi connectivity index (χ3v) is 6.47. The van der Waals surface area contributed by atoms with Crippen molar-refractivity contribution in [2.75, 3.05) is 26.8 Å². The molecule has 0 aliphatic rings. The summed E-state index contributed by atoms with van der Waals surface area (Å²) in [7, 11) is -1.88. The van der Waals surface area contributed by atoms with Crippen molar-refractivity contribution in [1.29, 1.82) is 0 Å². The Morgan fingerprint density at radius 1 is 1.48 bits per heavy atom. The Bertz CT molecular complexity index is 532. The molecule has 0 radical (unpaired) electrons. The Morgan fingerprint density at radius 2 is 2.19 bits per heavy atom. The molecule has 1 aromatic rings. The monoisotopic (exact) mass is 398 g/mol. The van der Waals surface area contributed by atoms with Crippen molar-refractivity contribution >= 4 is 37.3 Å². The number of rotatable bonds is 10. The highest BCUT2D eigenvalue weighted by atomic mass is 79.9. The van der Waals surface area contributed by atoms with Crippen LogP contribution in [0.4, 0.5) is 0 Å². The van der Waals surface area contributed by atoms with Crippen LogP contribution in [0.5, 0.6) is 0 Å². The van der Waals surface area contributed by atoms with Crippen molar-refractivity contribution in [2.24, 2.45) is 5.92 Å². The summed E-state index contributed by atoms with van der Waals surface area (Å²) >= 11 is 4.79. The van der Waals surface area contributed by atoms with Crippen molar-refractivity contribution in [3.8, 4) is 0 Å². The van der Waals surface area contributed by atoms with Gasteiger partial charge in [0.1, 0.15) is 4.90 Å². The molecule has 2 N–H and O–H groups in total. The van der Waals surface area contributed by atoms with Crippen molar-refractivity contribution < 1.29 is 13.2 Å². The molecular formula is C13H23BrN2O3S2. The Labute approximate surface area is 139 Å². The Morgan fingerprint density at radius 3 is 2.81 bits per heavy atom. The molecule has 1 rings (SSSR count). The maximum Gasteiger partial charge on any atom is 0.242 e. The predicted molar refractivity (Wildman–Crippen MR) is 90.2 cm³/mol. The Kier molecular flexibility index (Phi) is 8.36. The fourth-order valence-corrected chi connectivity index (χ4v) is 5.54. The molecule has 0 aliphatic carbocycles. The zero-order chi connectivity index (χ0) is 15.9. The van der Waals surface area contributed by atoms with E-state index in [-0.39, 0.29) is 5.92 Å². The SMILES string of the molecule is CCCNCc1cc(S(=O)(=O)NCC(C)COC)c(Br)s1. The zero-order valence-electron chi connectivity index (χ0n) is 12.6. The van der Waals surface area contributed by atoms with Crippen LogP contribution in [0.15, 0.2) is 14.7 Å². The van der Waals surface area contributed by atoms with Crippen LogP contribution in [0.3, 0.4) is 0 Å². The van der Waals surface area contributed by atoms with Crippen LogP contribution in [-0.4, -0.2) is 35.2 Å². The molecule has 5 nitrogen and oxygen atoms in total. The minimum atomic E-state index is -3.48. The molecule has 0 saturated heterocycles. The summed E-state index contributed by atoms with van der Waals surface area (Å²) in [4.78, 5) is 1.31. The van der Waals surface area contributed by atoms with Crippen molar-refractivity contribution in [2.45, 2.75) is 31.7 Å². The molecule has 0 spiro atoms. The molecule has 0 saturated carbocycles. The van der Waals surface area contributed by atoms with Crippen LogP contribution >= 0.6 is 27.3 Å². The van der Waals surface area contributed by atoms with Crippen LogP contribution in [0, 0.1) is 5.92 Å². The topological polar surface area (TPSA) is 67.4 Å². The first-order chi connectivity index (χ1) is 9.90. The van der Waals surface area contributed by atoms with Crippen LogP contribution < -0.4 is 10.0 Å². The molecule has 0 aromatic carbocycles. The zero-order valence-corrected chi connectivity index (χ0v) is 15.8. The molecule has 8 heteroatoms. The van der Waals surface area contributed by atoms with E-state index < -0.39 is 10.0 Å². The van der Waals surface area contributed by atoms with Gasteiger partial charge < -0.3 is 10.1 Å². The highest BCUT2D eigenvalue weighted by Crippen LogP contribution is 2.31. The summed E-state index contributed by atoms with van der Waals surface area (Å²) in [6.07, 6.45) is 1.05. The standard InChI is InChI=1S/C13H23BrN2O3S2/c1-4-5-15-8-11-6-12(13(14)20-11)21(17,18)16-7-10(2)9-19-3/h6,10,15-16H,4-5,7-9H2,1-3H3. The van der Waals surface area contributed by atoms with E-state index in [1.807, 2.05) is 6.92 Å². The van der Waals surface area contributed by atoms with E-state index in [1.165, 1.54) is 11.3 Å². The van der Waals surface area contributed by atoms with E-state index in [4.69, 9.17) is 4.74 Å². The lowest BCUT2D eigenvalue weighted by Crippen LogP contribution is -2.30. The molecule has 21 heavy (non-hydrogen) atoms. The molecule has 0 aliphatic heterocycles. The third-order valence-electron chi connectivity index (χ3n) is 2.80. The minimum Gasteiger partial charge on any atom is -0.384 e. The molecule has 1 heterocycles. The maximum absolute atomic E-state index is 12.3. The maximum atomic E-state index is 12.3. The summed E-state index contributed by atoms with van der Waals surface area (Å²) in [6, 6.07) is 1.72. The first kappa shape index (κ1) is 19.1. The van der Waals surface area contributed by atoms with Gasteiger partial charge in [-0.1, -0.05) is 13.8 Å². The Balaban J connectivity index is 2.69. The van der Waals surface area contributed by atoms with Crippen LogP contribution in [-0.2, 0) is 21.3 Å². The van der Waals surface area contributed by atoms with Gasteiger partial charge in [-0.05, 0) is 40.9 Å². The first-order valence-electron chi connectivity index (χ1n) is 6.88. The fraction of sp³-hybridized carbons (Fsp3) is 0.692. The molecule has 0 bridgehead atoms. The number of halogens is 1. The van der Waals surface area contributed by atoms with Crippen molar-refractivity contribution in [1.82, 2.24) is 10.0 Å². The number of nitrogens with one attached hydrogen (secondary N) is 2. The number of hydrogen-bond acceptors (Lipinski definition) is 5. The second-order valence-electron chi connectivity index (χ2n) is 4.94. The molecule has 1 atom stereocenters. The number of thiophene rings is 1. The van der Waals surface area contributed by atoms with Gasteiger partial charge in [0.15, 0.2) is 0 Å². The number of methoxy groups -OCH3 is 1. The van der Waals surface area contributed by atoms with E-state index in [9.17, 15) is 8.42 Å². The van der Waals surface area contributed by atoms with Gasteiger partial charge in [0, 0.05) is 31.7 Å². The predicted octanol–water partition coefficient (Wildman–Crippen LogP) is 2.57. The molecule has 0 fully saturated rings. The summed E-state index contributed by atoms with van der Waals surface area (Å²) in [5, 5.41) is 3.27. The Hall–Kier alpha value is 0.01000. The highest BCUT2D eigenvalue weighted by Gasteiger charge is 2.21. The second kappa shape index (κ2) is 9.22. The third kappa shape index (κ3) is 6.33. The summed E-state index contributed by atoms with van der Waals surface area (Å²) in [5.41, 5.74) is 0. The average molecular weight is 399 g/mol. The van der Waals surface area contributed by atoms with Gasteiger partial charge in [-0.25, -0.2) is 13.1 Å². The quantitative estimate of drug-likeness (QED) is 0.594. The minimum absolute atomic E-state index is 0.132. The first-order valence-corrected chi connectivity index (χ1v) is 9.97. The summed E-state index contributed by atoms with van der Waals surface area (Å²) < 4.78 is 32.9. The van der Waals surface area contributed by atoms with Crippen molar-refractivity contribution in [3.63, 3.8) is 0 Å². The normalized spacial score (nSPS) is 13.5. The van der Waals surface area contributed by atoms with Crippen LogP contribution in [0.1, 0.15) is 25.1 Å². The van der Waals surface area contributed by atoms with Gasteiger partial charge >= 0.3 is 0 Å². The number of ether oxygens (including phenoxy) is 1. The average Bonchev–Trinajstić information content (AvgIpc) is 2.79. The van der Waals surface area contributed by atoms with E-state index >= 15 is 0 Å². The smallest absolute Gasteiger partial charge is 0.242 e. The van der Waals surface area contributed by atoms with E-state index in [0.717, 1.165) is 17.8 Å². The lowest BCUT2D eigenvalue weighted by atomic mass is 10.2. The van der Waals surface area contributed by atoms with Gasteiger partial charge in [0.2, 0.25) is 10.0 Å². The molecule has 0 amide bonds. The van der Waals surface area contributed by atoms with Gasteiger partial charge in [0.05, 0.1) is 3.79 Å². The lowest BCUT2D eigenvalue weighted by molar-refractivity contribution is 0.161. The van der Waals surface area contributed by atoms with E-state index in [2.05, 4.69) is 32.9 Å². The lowest BCUT2D eigenvalue weighted by Gasteiger charge is -2.11. The molecule has 1 aromatic heterocycles.